The molecule has 2 aromatic rings. The number of hydrogen-bond acceptors (Lipinski definition) is 2. The number of aromatic amines is 1. The van der Waals surface area contributed by atoms with Crippen molar-refractivity contribution in [2.24, 2.45) is 0 Å². The summed E-state index contributed by atoms with van der Waals surface area (Å²) < 4.78 is 5.83. The number of esters is 1. The summed E-state index contributed by atoms with van der Waals surface area (Å²) in [5.74, 6) is -0.323. The highest BCUT2D eigenvalue weighted by Crippen LogP contribution is 2.27. The van der Waals surface area contributed by atoms with Gasteiger partial charge in [0, 0.05) is 15.3 Å². The van der Waals surface area contributed by atoms with E-state index < -0.39 is 0 Å². The van der Waals surface area contributed by atoms with Crippen LogP contribution in [0.25, 0.3) is 11.3 Å². The number of halogens is 1. The fraction of sp³-hybridized carbons (Fsp3) is 0.0833. The second-order valence-corrected chi connectivity index (χ2v) is 4.40. The summed E-state index contributed by atoms with van der Waals surface area (Å²) in [6, 6.07) is 9.60. The lowest BCUT2D eigenvalue weighted by Crippen LogP contribution is -2.01. The maximum Gasteiger partial charge on any atom is 0.340 e. The molecule has 1 aromatic heterocycles. The van der Waals surface area contributed by atoms with Gasteiger partial charge in [-0.05, 0) is 34.7 Å². The maximum atomic E-state index is 11.5. The number of H-pyrrole nitrogens is 1. The van der Waals surface area contributed by atoms with Gasteiger partial charge in [-0.15, -0.1) is 0 Å². The van der Waals surface area contributed by atoms with Crippen molar-refractivity contribution < 1.29 is 9.53 Å². The number of methoxy groups -OCH3 is 1. The Hall–Kier alpha value is -1.30. The first-order chi connectivity index (χ1) is 7.74. The Morgan fingerprint density at radius 2 is 2.06 bits per heavy atom. The number of benzene rings is 1. The first-order valence-electron chi connectivity index (χ1n) is 4.74. The second kappa shape index (κ2) is 4.69. The summed E-state index contributed by atoms with van der Waals surface area (Å²) in [5.41, 5.74) is 2.37. The summed E-state index contributed by atoms with van der Waals surface area (Å²) in [6.07, 6.45) is 1.74. The van der Waals surface area contributed by atoms with Gasteiger partial charge in [-0.3, -0.25) is 0 Å². The van der Waals surface area contributed by atoms with Gasteiger partial charge in [0.25, 0.3) is 0 Å². The molecule has 3 nitrogen and oxygen atoms in total. The summed E-state index contributed by atoms with van der Waals surface area (Å²) in [4.78, 5) is 14.6. The Labute approximate surface area is 107 Å². The lowest BCUT2D eigenvalue weighted by molar-refractivity contribution is 0.0602. The molecule has 0 saturated heterocycles. The number of nitrogens with one attached hydrogen (secondary N) is 1. The minimum atomic E-state index is -0.323. The van der Waals surface area contributed by atoms with Gasteiger partial charge in [-0.1, -0.05) is 18.2 Å². The van der Waals surface area contributed by atoms with Gasteiger partial charge in [0.05, 0.1) is 18.4 Å². The van der Waals surface area contributed by atoms with E-state index in [-0.39, 0.29) is 5.97 Å². The monoisotopic (exact) mass is 327 g/mol. The third kappa shape index (κ3) is 1.97. The lowest BCUT2D eigenvalue weighted by Gasteiger charge is -2.04. The average molecular weight is 327 g/mol. The Morgan fingerprint density at radius 3 is 2.75 bits per heavy atom. The number of aromatic nitrogens is 1. The second-order valence-electron chi connectivity index (χ2n) is 3.24. The summed E-state index contributed by atoms with van der Waals surface area (Å²) in [7, 11) is 1.38. The van der Waals surface area contributed by atoms with Crippen LogP contribution < -0.4 is 0 Å². The van der Waals surface area contributed by atoms with Gasteiger partial charge in [0.1, 0.15) is 0 Å². The van der Waals surface area contributed by atoms with Crippen molar-refractivity contribution in [2.75, 3.05) is 7.11 Å². The normalized spacial score (nSPS) is 10.1. The minimum absolute atomic E-state index is 0.323. The van der Waals surface area contributed by atoms with Crippen molar-refractivity contribution >= 4 is 28.6 Å². The number of carbonyl (C=O) groups excluding carboxylic acids is 1. The van der Waals surface area contributed by atoms with Crippen molar-refractivity contribution in [1.82, 2.24) is 4.98 Å². The van der Waals surface area contributed by atoms with Crippen LogP contribution in [0, 0.1) is 3.57 Å². The average Bonchev–Trinajstić information content (AvgIpc) is 2.77. The fourth-order valence-electron chi connectivity index (χ4n) is 1.54. The number of hydrogen-bond donors (Lipinski definition) is 1. The van der Waals surface area contributed by atoms with Gasteiger partial charge in [0.2, 0.25) is 0 Å². The molecule has 16 heavy (non-hydrogen) atoms. The number of rotatable bonds is 2. The number of ether oxygens (including phenoxy) is 1. The zero-order chi connectivity index (χ0) is 11.5. The van der Waals surface area contributed by atoms with Crippen molar-refractivity contribution in [3.63, 3.8) is 0 Å². The molecule has 0 aliphatic carbocycles. The summed E-state index contributed by atoms with van der Waals surface area (Å²) in [5, 5.41) is 0. The predicted octanol–water partition coefficient (Wildman–Crippen LogP) is 3.07. The largest absolute Gasteiger partial charge is 0.465 e. The molecule has 0 fully saturated rings. The SMILES string of the molecule is COC(=O)c1cc[nH]c1-c1ccccc1I. The molecule has 1 aromatic carbocycles. The van der Waals surface area contributed by atoms with Crippen LogP contribution in [0.5, 0.6) is 0 Å². The lowest BCUT2D eigenvalue weighted by atomic mass is 10.1. The van der Waals surface area contributed by atoms with E-state index in [4.69, 9.17) is 4.74 Å². The standard InChI is InChI=1S/C12H10INO2/c1-16-12(15)9-6-7-14-11(9)8-4-2-3-5-10(8)13/h2-7,14H,1H3. The third-order valence-electron chi connectivity index (χ3n) is 2.30. The highest BCUT2D eigenvalue weighted by molar-refractivity contribution is 14.1. The van der Waals surface area contributed by atoms with Gasteiger partial charge in [0.15, 0.2) is 0 Å². The molecular formula is C12H10INO2. The molecular weight excluding hydrogens is 317 g/mol. The molecule has 0 atom stereocenters. The molecule has 1 N–H and O–H groups in total. The molecule has 0 amide bonds. The smallest absolute Gasteiger partial charge is 0.340 e. The van der Waals surface area contributed by atoms with Crippen molar-refractivity contribution in [1.29, 1.82) is 0 Å². The van der Waals surface area contributed by atoms with E-state index in [2.05, 4.69) is 27.6 Å². The molecule has 0 bridgehead atoms. The van der Waals surface area contributed by atoms with E-state index in [1.807, 2.05) is 24.3 Å². The highest BCUT2D eigenvalue weighted by Gasteiger charge is 2.15. The first kappa shape index (κ1) is 11.2. The molecule has 1 heterocycles. The Balaban J connectivity index is 2.53. The number of carbonyl (C=O) groups is 1. The summed E-state index contributed by atoms with van der Waals surface area (Å²) in [6.45, 7) is 0. The van der Waals surface area contributed by atoms with Gasteiger partial charge >= 0.3 is 5.97 Å². The molecule has 0 aliphatic heterocycles. The fourth-order valence-corrected chi connectivity index (χ4v) is 2.19. The molecule has 4 heteroatoms. The topological polar surface area (TPSA) is 42.1 Å². The van der Waals surface area contributed by atoms with E-state index in [9.17, 15) is 4.79 Å². The van der Waals surface area contributed by atoms with E-state index in [0.717, 1.165) is 14.8 Å². The van der Waals surface area contributed by atoms with Gasteiger partial charge in [-0.2, -0.15) is 0 Å². The molecule has 0 unspecified atom stereocenters. The van der Waals surface area contributed by atoms with Gasteiger partial charge in [-0.25, -0.2) is 4.79 Å². The van der Waals surface area contributed by atoms with Crippen molar-refractivity contribution in [2.45, 2.75) is 0 Å². The first-order valence-corrected chi connectivity index (χ1v) is 5.82. The van der Waals surface area contributed by atoms with Crippen LogP contribution in [0.3, 0.4) is 0 Å². The van der Waals surface area contributed by atoms with Crippen LogP contribution in [0.2, 0.25) is 0 Å². The summed E-state index contributed by atoms with van der Waals surface area (Å²) >= 11 is 2.24. The highest BCUT2D eigenvalue weighted by atomic mass is 127. The molecule has 0 radical (unpaired) electrons. The third-order valence-corrected chi connectivity index (χ3v) is 3.24. The van der Waals surface area contributed by atoms with Crippen LogP contribution >= 0.6 is 22.6 Å². The zero-order valence-corrected chi connectivity index (χ0v) is 10.8. The minimum Gasteiger partial charge on any atom is -0.465 e. The van der Waals surface area contributed by atoms with Crippen LogP contribution in [-0.2, 0) is 4.74 Å². The molecule has 0 aliphatic rings. The Kier molecular flexibility index (Phi) is 3.28. The Bertz CT molecular complexity index is 519. The predicted molar refractivity (Wildman–Crippen MR) is 70.3 cm³/mol. The van der Waals surface area contributed by atoms with Crippen LogP contribution in [0.4, 0.5) is 0 Å². The zero-order valence-electron chi connectivity index (χ0n) is 8.66. The van der Waals surface area contributed by atoms with Gasteiger partial charge < -0.3 is 9.72 Å². The quantitative estimate of drug-likeness (QED) is 0.680. The molecule has 0 spiro atoms. The van der Waals surface area contributed by atoms with Crippen LogP contribution in [0.1, 0.15) is 10.4 Å². The van der Waals surface area contributed by atoms with Crippen LogP contribution in [-0.4, -0.2) is 18.1 Å². The molecule has 0 saturated carbocycles. The van der Waals surface area contributed by atoms with Crippen LogP contribution in [0.15, 0.2) is 36.5 Å². The van der Waals surface area contributed by atoms with E-state index in [1.165, 1.54) is 7.11 Å². The maximum absolute atomic E-state index is 11.5. The Morgan fingerprint density at radius 1 is 1.31 bits per heavy atom. The molecule has 2 rings (SSSR count). The van der Waals surface area contributed by atoms with E-state index >= 15 is 0 Å². The van der Waals surface area contributed by atoms with Crippen molar-refractivity contribution in [3.05, 3.63) is 45.7 Å². The van der Waals surface area contributed by atoms with E-state index in [1.54, 1.807) is 12.3 Å². The van der Waals surface area contributed by atoms with Crippen molar-refractivity contribution in [3.8, 4) is 11.3 Å². The molecule has 82 valence electrons. The van der Waals surface area contributed by atoms with E-state index in [0.29, 0.717) is 5.56 Å².